The molecule has 2 N–H and O–H groups in total. The number of phenols is 1. The van der Waals surface area contributed by atoms with Crippen LogP contribution in [0.25, 0.3) is 6.08 Å². The molecule has 1 saturated heterocycles. The molecule has 0 radical (unpaired) electrons. The van der Waals surface area contributed by atoms with Crippen molar-refractivity contribution in [3.05, 3.63) is 58.5 Å². The monoisotopic (exact) mass is 412 g/mol. The first-order valence-corrected chi connectivity index (χ1v) is 9.77. The van der Waals surface area contributed by atoms with Gasteiger partial charge in [0.05, 0.1) is 11.5 Å². The normalized spacial score (nSPS) is 15.1. The minimum absolute atomic E-state index is 0.113. The molecule has 29 heavy (non-hydrogen) atoms. The predicted octanol–water partition coefficient (Wildman–Crippen LogP) is 3.77. The highest BCUT2D eigenvalue weighted by atomic mass is 32.2. The van der Waals surface area contributed by atoms with E-state index < -0.39 is 17.1 Å². The van der Waals surface area contributed by atoms with E-state index in [2.05, 4.69) is 5.32 Å². The molecule has 0 saturated carbocycles. The van der Waals surface area contributed by atoms with Gasteiger partial charge >= 0.3 is 0 Å². The van der Waals surface area contributed by atoms with Gasteiger partial charge in [-0.15, -0.1) is 0 Å². The topological polar surface area (TPSA) is 95.9 Å². The molecule has 1 fully saturated rings. The van der Waals surface area contributed by atoms with Gasteiger partial charge in [-0.3, -0.25) is 19.3 Å². The van der Waals surface area contributed by atoms with Crippen LogP contribution in [0.5, 0.6) is 11.5 Å². The molecular weight excluding hydrogens is 392 g/mol. The number of imide groups is 1. The van der Waals surface area contributed by atoms with E-state index in [-0.39, 0.29) is 22.9 Å². The number of hydrogen-bond acceptors (Lipinski definition) is 6. The Labute approximate surface area is 172 Å². The second kappa shape index (κ2) is 8.83. The fraction of sp³-hybridized carbons (Fsp3) is 0.190. The average molecular weight is 412 g/mol. The first-order chi connectivity index (χ1) is 13.9. The van der Waals surface area contributed by atoms with E-state index in [0.717, 1.165) is 22.2 Å². The number of carbonyl (C=O) groups excluding carboxylic acids is 3. The molecule has 2 aromatic carbocycles. The number of phenolic OH excluding ortho intramolecular Hbond substituents is 1. The molecule has 3 amide bonds. The van der Waals surface area contributed by atoms with Crippen LogP contribution >= 0.6 is 11.8 Å². The summed E-state index contributed by atoms with van der Waals surface area (Å²) in [5.41, 5.74) is 1.99. The number of carbonyl (C=O) groups is 3. The van der Waals surface area contributed by atoms with Crippen molar-refractivity contribution in [2.24, 2.45) is 0 Å². The molecule has 8 heteroatoms. The Balaban J connectivity index is 1.72. The highest BCUT2D eigenvalue weighted by Crippen LogP contribution is 2.36. The molecule has 150 valence electrons. The summed E-state index contributed by atoms with van der Waals surface area (Å²) in [6.45, 7) is 3.71. The zero-order chi connectivity index (χ0) is 21.0. The van der Waals surface area contributed by atoms with Crippen molar-refractivity contribution in [3.63, 3.8) is 0 Å². The van der Waals surface area contributed by atoms with Crippen molar-refractivity contribution in [1.29, 1.82) is 0 Å². The lowest BCUT2D eigenvalue weighted by molar-refractivity contribution is -0.127. The van der Waals surface area contributed by atoms with E-state index in [0.29, 0.717) is 17.9 Å². The number of para-hydroxylation sites is 1. The fourth-order valence-electron chi connectivity index (χ4n) is 2.69. The van der Waals surface area contributed by atoms with Gasteiger partial charge in [0, 0.05) is 11.3 Å². The van der Waals surface area contributed by atoms with Crippen LogP contribution in [0.3, 0.4) is 0 Å². The van der Waals surface area contributed by atoms with E-state index in [1.54, 1.807) is 37.3 Å². The number of nitrogens with one attached hydrogen (secondary N) is 1. The number of hydrogen-bond donors (Lipinski definition) is 2. The molecule has 0 atom stereocenters. The quantitative estimate of drug-likeness (QED) is 0.701. The Kier molecular flexibility index (Phi) is 6.23. The molecule has 7 nitrogen and oxygen atoms in total. The number of aromatic hydroxyl groups is 1. The SMILES string of the molecule is CCOc1cccc(C=C2SC(=O)N(CC(=O)Nc3ccc(C)cc3)C2=O)c1O. The third-order valence-electron chi connectivity index (χ3n) is 4.13. The maximum absolute atomic E-state index is 12.6. The third kappa shape index (κ3) is 4.78. The smallest absolute Gasteiger partial charge is 0.294 e. The summed E-state index contributed by atoms with van der Waals surface area (Å²) in [4.78, 5) is 38.1. The first-order valence-electron chi connectivity index (χ1n) is 8.95. The van der Waals surface area contributed by atoms with Gasteiger partial charge in [-0.25, -0.2) is 0 Å². The van der Waals surface area contributed by atoms with Gasteiger partial charge in [-0.2, -0.15) is 0 Å². The van der Waals surface area contributed by atoms with Crippen molar-refractivity contribution < 1.29 is 24.2 Å². The lowest BCUT2D eigenvalue weighted by atomic mass is 10.1. The lowest BCUT2D eigenvalue weighted by Gasteiger charge is -2.12. The minimum Gasteiger partial charge on any atom is -0.504 e. The molecule has 0 unspecified atom stereocenters. The molecule has 2 aromatic rings. The number of ether oxygens (including phenoxy) is 1. The maximum Gasteiger partial charge on any atom is 0.294 e. The molecule has 0 spiro atoms. The van der Waals surface area contributed by atoms with Crippen molar-refractivity contribution in [1.82, 2.24) is 4.90 Å². The van der Waals surface area contributed by atoms with Crippen LogP contribution < -0.4 is 10.1 Å². The second-order valence-electron chi connectivity index (χ2n) is 6.31. The molecule has 1 heterocycles. The van der Waals surface area contributed by atoms with Crippen LogP contribution in [-0.2, 0) is 9.59 Å². The zero-order valence-corrected chi connectivity index (χ0v) is 16.8. The Morgan fingerprint density at radius 2 is 1.93 bits per heavy atom. The van der Waals surface area contributed by atoms with Crippen molar-refractivity contribution in [3.8, 4) is 11.5 Å². The van der Waals surface area contributed by atoms with Crippen LogP contribution in [0, 0.1) is 6.92 Å². The van der Waals surface area contributed by atoms with E-state index in [1.165, 1.54) is 6.08 Å². The van der Waals surface area contributed by atoms with Gasteiger partial charge < -0.3 is 15.2 Å². The maximum atomic E-state index is 12.6. The molecule has 1 aliphatic rings. The highest BCUT2D eigenvalue weighted by Gasteiger charge is 2.36. The average Bonchev–Trinajstić information content (AvgIpc) is 2.94. The number of nitrogens with zero attached hydrogens (tertiary/aromatic N) is 1. The van der Waals surface area contributed by atoms with Crippen molar-refractivity contribution in [2.75, 3.05) is 18.5 Å². The summed E-state index contributed by atoms with van der Waals surface area (Å²) in [5, 5.41) is 12.4. The van der Waals surface area contributed by atoms with Gasteiger partial charge in [-0.1, -0.05) is 29.8 Å². The Bertz CT molecular complexity index is 985. The molecule has 1 aliphatic heterocycles. The lowest BCUT2D eigenvalue weighted by Crippen LogP contribution is -2.36. The molecular formula is C21H20N2O5S. The van der Waals surface area contributed by atoms with Gasteiger partial charge in [0.25, 0.3) is 11.1 Å². The largest absolute Gasteiger partial charge is 0.504 e. The summed E-state index contributed by atoms with van der Waals surface area (Å²) in [6, 6.07) is 12.1. The molecule has 0 aromatic heterocycles. The Morgan fingerprint density at radius 3 is 2.62 bits per heavy atom. The number of benzene rings is 2. The standard InChI is InChI=1S/C21H20N2O5S/c1-3-28-16-6-4-5-14(19(16)25)11-17-20(26)23(21(27)29-17)12-18(24)22-15-9-7-13(2)8-10-15/h4-11,25H,3,12H2,1-2H3,(H,22,24). The minimum atomic E-state index is -0.583. The van der Waals surface area contributed by atoms with E-state index in [1.807, 2.05) is 19.1 Å². The van der Waals surface area contributed by atoms with Gasteiger partial charge in [0.2, 0.25) is 5.91 Å². The summed E-state index contributed by atoms with van der Waals surface area (Å²) in [6.07, 6.45) is 1.42. The number of rotatable bonds is 6. The second-order valence-corrected chi connectivity index (χ2v) is 7.30. The van der Waals surface area contributed by atoms with Crippen LogP contribution in [0.2, 0.25) is 0 Å². The summed E-state index contributed by atoms with van der Waals surface area (Å²) >= 11 is 0.721. The van der Waals surface area contributed by atoms with Crippen LogP contribution in [0.15, 0.2) is 47.4 Å². The van der Waals surface area contributed by atoms with Crippen LogP contribution in [0.1, 0.15) is 18.1 Å². The van der Waals surface area contributed by atoms with E-state index in [9.17, 15) is 19.5 Å². The van der Waals surface area contributed by atoms with E-state index in [4.69, 9.17) is 4.74 Å². The van der Waals surface area contributed by atoms with Crippen LogP contribution in [0.4, 0.5) is 10.5 Å². The zero-order valence-electron chi connectivity index (χ0n) is 16.0. The first kappa shape index (κ1) is 20.5. The van der Waals surface area contributed by atoms with Gasteiger partial charge in [0.1, 0.15) is 6.54 Å². The molecule has 0 aliphatic carbocycles. The number of aryl methyl sites for hydroxylation is 1. The highest BCUT2D eigenvalue weighted by molar-refractivity contribution is 8.18. The summed E-state index contributed by atoms with van der Waals surface area (Å²) in [5.74, 6) is -0.880. The predicted molar refractivity (Wildman–Crippen MR) is 112 cm³/mol. The molecule has 0 bridgehead atoms. The fourth-order valence-corrected chi connectivity index (χ4v) is 3.52. The van der Waals surface area contributed by atoms with E-state index >= 15 is 0 Å². The third-order valence-corrected chi connectivity index (χ3v) is 5.03. The van der Waals surface area contributed by atoms with Gasteiger partial charge in [-0.05, 0) is 49.9 Å². The number of amides is 3. The summed E-state index contributed by atoms with van der Waals surface area (Å²) in [7, 11) is 0. The van der Waals surface area contributed by atoms with Crippen molar-refractivity contribution in [2.45, 2.75) is 13.8 Å². The van der Waals surface area contributed by atoms with Crippen LogP contribution in [-0.4, -0.2) is 40.2 Å². The number of anilines is 1. The summed E-state index contributed by atoms with van der Waals surface area (Å²) < 4.78 is 5.33. The van der Waals surface area contributed by atoms with Gasteiger partial charge in [0.15, 0.2) is 11.5 Å². The molecule has 3 rings (SSSR count). The van der Waals surface area contributed by atoms with Crippen molar-refractivity contribution >= 4 is 40.6 Å². The number of thioether (sulfide) groups is 1. The Hall–Kier alpha value is -3.26. The Morgan fingerprint density at radius 1 is 1.21 bits per heavy atom.